The van der Waals surface area contributed by atoms with Crippen molar-refractivity contribution in [2.45, 2.75) is 58.0 Å². The Balaban J connectivity index is 1.48. The van der Waals surface area contributed by atoms with Crippen LogP contribution in [0.15, 0.2) is 29.8 Å². The first kappa shape index (κ1) is 21.4. The van der Waals surface area contributed by atoms with Crippen LogP contribution < -0.4 is 5.73 Å². The minimum Gasteiger partial charge on any atom is -0.457 e. The first-order chi connectivity index (χ1) is 14.4. The summed E-state index contributed by atoms with van der Waals surface area (Å²) in [4.78, 5) is 25.5. The Labute approximate surface area is 182 Å². The summed E-state index contributed by atoms with van der Waals surface area (Å²) >= 11 is 6.35. The van der Waals surface area contributed by atoms with E-state index >= 15 is 0 Å². The maximum Gasteiger partial charge on any atom is 0.334 e. The first-order valence-corrected chi connectivity index (χ1v) is 11.2. The van der Waals surface area contributed by atoms with E-state index in [0.717, 1.165) is 62.5 Å². The lowest BCUT2D eigenvalue weighted by atomic mass is 9.63. The van der Waals surface area contributed by atoms with Crippen LogP contribution in [0.1, 0.15) is 56.1 Å². The number of amides is 1. The Hall–Kier alpha value is -1.85. The zero-order valence-electron chi connectivity index (χ0n) is 17.5. The molecule has 2 bridgehead atoms. The number of primary amides is 1. The Kier molecular flexibility index (Phi) is 5.95. The van der Waals surface area contributed by atoms with Crippen molar-refractivity contribution in [2.24, 2.45) is 22.5 Å². The maximum absolute atomic E-state index is 13.2. The number of fused-ring (bicyclic) bond motifs is 2. The van der Waals surface area contributed by atoms with Crippen molar-refractivity contribution in [3.8, 4) is 0 Å². The van der Waals surface area contributed by atoms with E-state index in [2.05, 4.69) is 0 Å². The van der Waals surface area contributed by atoms with Crippen molar-refractivity contribution in [1.82, 2.24) is 0 Å². The Morgan fingerprint density at radius 2 is 2.07 bits per heavy atom. The third-order valence-corrected chi connectivity index (χ3v) is 7.80. The topological polar surface area (TPSA) is 78.6 Å². The van der Waals surface area contributed by atoms with Gasteiger partial charge >= 0.3 is 5.97 Å². The highest BCUT2D eigenvalue weighted by Crippen LogP contribution is 2.70. The Bertz CT molecular complexity index is 876. The van der Waals surface area contributed by atoms with Gasteiger partial charge in [0.1, 0.15) is 6.61 Å². The molecule has 2 N–H and O–H groups in total. The average molecular weight is 432 g/mol. The van der Waals surface area contributed by atoms with Gasteiger partial charge in [-0.1, -0.05) is 29.8 Å². The number of ether oxygens (including phenoxy) is 2. The minimum absolute atomic E-state index is 0.121. The molecule has 0 spiro atoms. The summed E-state index contributed by atoms with van der Waals surface area (Å²) in [5.74, 6) is -0.0594. The summed E-state index contributed by atoms with van der Waals surface area (Å²) in [5.41, 5.74) is 7.41. The second-order valence-corrected chi connectivity index (χ2v) is 9.50. The molecule has 2 saturated carbocycles. The lowest BCUT2D eigenvalue weighted by Crippen LogP contribution is -2.44. The fourth-order valence-electron chi connectivity index (χ4n) is 5.67. The highest BCUT2D eigenvalue weighted by atomic mass is 35.5. The summed E-state index contributed by atoms with van der Waals surface area (Å²) in [7, 11) is 1.69. The molecule has 2 fully saturated rings. The van der Waals surface area contributed by atoms with E-state index in [1.807, 2.05) is 24.3 Å². The number of benzene rings is 1. The van der Waals surface area contributed by atoms with Crippen molar-refractivity contribution in [3.63, 3.8) is 0 Å². The summed E-state index contributed by atoms with van der Waals surface area (Å²) < 4.78 is 10.9. The number of hydrogen-bond acceptors (Lipinski definition) is 4. The van der Waals surface area contributed by atoms with Crippen molar-refractivity contribution in [3.05, 3.63) is 46.0 Å². The molecule has 0 radical (unpaired) electrons. The molecule has 5 nitrogen and oxygen atoms in total. The quantitative estimate of drug-likeness (QED) is 0.465. The Morgan fingerprint density at radius 3 is 2.77 bits per heavy atom. The van der Waals surface area contributed by atoms with Gasteiger partial charge in [-0.05, 0) is 68.9 Å². The number of nitrogens with two attached hydrogens (primary N) is 1. The molecule has 2 atom stereocenters. The van der Waals surface area contributed by atoms with Gasteiger partial charge in [-0.2, -0.15) is 0 Å². The van der Waals surface area contributed by atoms with E-state index in [0.29, 0.717) is 23.1 Å². The second kappa shape index (κ2) is 8.35. The van der Waals surface area contributed by atoms with Crippen molar-refractivity contribution < 1.29 is 19.1 Å². The van der Waals surface area contributed by atoms with Crippen LogP contribution in [0.3, 0.4) is 0 Å². The van der Waals surface area contributed by atoms with Gasteiger partial charge < -0.3 is 15.2 Å². The highest BCUT2D eigenvalue weighted by molar-refractivity contribution is 6.31. The van der Waals surface area contributed by atoms with Gasteiger partial charge in [0.15, 0.2) is 0 Å². The van der Waals surface area contributed by atoms with Crippen LogP contribution in [0.25, 0.3) is 0 Å². The van der Waals surface area contributed by atoms with Crippen LogP contribution in [-0.4, -0.2) is 25.6 Å². The third kappa shape index (κ3) is 3.67. The molecule has 1 aromatic rings. The number of methoxy groups -OCH3 is 1. The van der Waals surface area contributed by atoms with E-state index in [1.54, 1.807) is 7.11 Å². The lowest BCUT2D eigenvalue weighted by Gasteiger charge is -2.40. The van der Waals surface area contributed by atoms with Gasteiger partial charge in [0.2, 0.25) is 5.91 Å². The minimum atomic E-state index is -0.564. The molecule has 3 aliphatic carbocycles. The van der Waals surface area contributed by atoms with E-state index in [1.165, 1.54) is 0 Å². The normalized spacial score (nSPS) is 26.2. The molecule has 162 valence electrons. The molecule has 3 aliphatic rings. The highest BCUT2D eigenvalue weighted by Gasteiger charge is 2.68. The number of halogens is 1. The van der Waals surface area contributed by atoms with Crippen LogP contribution in [-0.2, 0) is 32.1 Å². The lowest BCUT2D eigenvalue weighted by molar-refractivity contribution is -0.143. The molecule has 0 aliphatic heterocycles. The summed E-state index contributed by atoms with van der Waals surface area (Å²) in [6, 6.07) is 5.83. The fourth-order valence-corrected chi connectivity index (χ4v) is 5.84. The van der Waals surface area contributed by atoms with Crippen molar-refractivity contribution in [1.29, 1.82) is 0 Å². The molecule has 1 aromatic carbocycles. The number of aryl methyl sites for hydroxylation is 1. The Morgan fingerprint density at radius 1 is 1.27 bits per heavy atom. The van der Waals surface area contributed by atoms with E-state index in [9.17, 15) is 9.59 Å². The van der Waals surface area contributed by atoms with Gasteiger partial charge in [0, 0.05) is 35.3 Å². The SMILES string of the molecule is COCCCc1ccc(Cl)c(COC(=O)C2=CCC3CCC2(C2(C(N)=O)CC2)C3)c1. The van der Waals surface area contributed by atoms with Crippen LogP contribution in [0, 0.1) is 16.7 Å². The molecule has 1 amide bonds. The number of rotatable bonds is 9. The van der Waals surface area contributed by atoms with E-state index in [4.69, 9.17) is 26.8 Å². The molecule has 0 saturated heterocycles. The molecule has 2 unspecified atom stereocenters. The third-order valence-electron chi connectivity index (χ3n) is 7.43. The van der Waals surface area contributed by atoms with Gasteiger partial charge in [0.05, 0.1) is 5.41 Å². The molecular formula is C24H30ClNO4. The van der Waals surface area contributed by atoms with Gasteiger partial charge in [-0.25, -0.2) is 4.79 Å². The predicted octanol–water partition coefficient (Wildman–Crippen LogP) is 4.34. The number of allylic oxidation sites excluding steroid dienone is 1. The standard InChI is InChI=1S/C24H30ClNO4/c1-29-12-2-3-16-5-7-20(25)18(13-16)15-30-21(27)19-6-4-17-8-9-24(19,14-17)23(10-11-23)22(26)28/h5-7,13,17H,2-4,8-12,14-15H2,1H3,(H2,26,28). The summed E-state index contributed by atoms with van der Waals surface area (Å²) in [5, 5.41) is 0.586. The second-order valence-electron chi connectivity index (χ2n) is 9.09. The number of esters is 1. The predicted molar refractivity (Wildman–Crippen MR) is 115 cm³/mol. The fraction of sp³-hybridized carbons (Fsp3) is 0.583. The van der Waals surface area contributed by atoms with E-state index in [-0.39, 0.29) is 18.5 Å². The van der Waals surface area contributed by atoms with Crippen LogP contribution in [0.2, 0.25) is 5.02 Å². The smallest absolute Gasteiger partial charge is 0.334 e. The van der Waals surface area contributed by atoms with E-state index < -0.39 is 10.8 Å². The molecule has 6 heteroatoms. The molecule has 4 rings (SSSR count). The zero-order chi connectivity index (χ0) is 21.4. The monoisotopic (exact) mass is 431 g/mol. The number of hydrogen-bond donors (Lipinski definition) is 1. The zero-order valence-corrected chi connectivity index (χ0v) is 18.3. The molecule has 0 aromatic heterocycles. The largest absolute Gasteiger partial charge is 0.457 e. The molecular weight excluding hydrogens is 402 g/mol. The molecule has 30 heavy (non-hydrogen) atoms. The number of carbonyl (C=O) groups excluding carboxylic acids is 2. The van der Waals surface area contributed by atoms with Gasteiger partial charge in [-0.3, -0.25) is 4.79 Å². The first-order valence-electron chi connectivity index (χ1n) is 10.9. The molecule has 0 heterocycles. The average Bonchev–Trinajstić information content (AvgIpc) is 3.49. The van der Waals surface area contributed by atoms with Crippen molar-refractivity contribution >= 4 is 23.5 Å². The number of carbonyl (C=O) groups is 2. The summed E-state index contributed by atoms with van der Waals surface area (Å²) in [6.07, 6.45) is 8.98. The van der Waals surface area contributed by atoms with Crippen LogP contribution in [0.4, 0.5) is 0 Å². The van der Waals surface area contributed by atoms with Crippen LogP contribution >= 0.6 is 11.6 Å². The maximum atomic E-state index is 13.2. The van der Waals surface area contributed by atoms with Crippen LogP contribution in [0.5, 0.6) is 0 Å². The van der Waals surface area contributed by atoms with Gasteiger partial charge in [-0.15, -0.1) is 0 Å². The van der Waals surface area contributed by atoms with Crippen molar-refractivity contribution in [2.75, 3.05) is 13.7 Å². The van der Waals surface area contributed by atoms with Gasteiger partial charge in [0.25, 0.3) is 0 Å². The summed E-state index contributed by atoms with van der Waals surface area (Å²) in [6.45, 7) is 0.821.